The summed E-state index contributed by atoms with van der Waals surface area (Å²) in [5.41, 5.74) is 2.63. The van der Waals surface area contributed by atoms with Gasteiger partial charge in [0, 0.05) is 51.4 Å². The van der Waals surface area contributed by atoms with Gasteiger partial charge in [-0.15, -0.1) is 0 Å². The van der Waals surface area contributed by atoms with Crippen molar-refractivity contribution < 1.29 is 0 Å². The van der Waals surface area contributed by atoms with E-state index in [9.17, 15) is 0 Å². The highest BCUT2D eigenvalue weighted by molar-refractivity contribution is 5.05. The van der Waals surface area contributed by atoms with Gasteiger partial charge in [-0.05, 0) is 180 Å². The molecule has 0 aromatic heterocycles. The molecule has 0 amide bonds. The van der Waals surface area contributed by atoms with Crippen LogP contribution in [0.25, 0.3) is 0 Å². The van der Waals surface area contributed by atoms with Crippen molar-refractivity contribution in [2.75, 3.05) is 142 Å². The Morgan fingerprint density at radius 1 is 0.265 bits per heavy atom. The van der Waals surface area contributed by atoms with Gasteiger partial charge in [-0.3, -0.25) is 44.1 Å². The van der Waals surface area contributed by atoms with E-state index in [0.29, 0.717) is 28.2 Å². The lowest BCUT2D eigenvalue weighted by Crippen LogP contribution is -2.73. The highest BCUT2D eigenvalue weighted by Crippen LogP contribution is 2.43. The van der Waals surface area contributed by atoms with Crippen molar-refractivity contribution in [1.82, 2.24) is 49.0 Å². The van der Waals surface area contributed by atoms with Crippen LogP contribution in [0.2, 0.25) is 0 Å². The smallest absolute Gasteiger partial charge is 0.0757 e. The zero-order valence-corrected chi connectivity index (χ0v) is 33.9. The van der Waals surface area contributed by atoms with E-state index in [0.717, 1.165) is 0 Å². The number of likely N-dealkylation sites (tertiary alicyclic amines) is 10. The summed E-state index contributed by atoms with van der Waals surface area (Å²) in [6, 6.07) is 0. The first-order chi connectivity index (χ1) is 23.3. The van der Waals surface area contributed by atoms with Crippen LogP contribution in [-0.2, 0) is 0 Å². The molecule has 10 rings (SSSR count). The summed E-state index contributed by atoms with van der Waals surface area (Å²) in [7, 11) is 22.4. The predicted octanol–water partition coefficient (Wildman–Crippen LogP) is 2.98. The third kappa shape index (κ3) is 6.69. The van der Waals surface area contributed by atoms with Crippen LogP contribution in [0.3, 0.4) is 0 Å². The van der Waals surface area contributed by atoms with E-state index < -0.39 is 0 Å². The molecule has 10 heterocycles. The normalized spacial score (nSPS) is 37.1. The second kappa shape index (κ2) is 14.8. The maximum absolute atomic E-state index is 2.54. The second-order valence-corrected chi connectivity index (χ2v) is 18.2. The minimum Gasteiger partial charge on any atom is -0.304 e. The molecular formula is C39H78N10. The number of likely N-dealkylation sites (N-methyl/N-ethyl adjacent to an activating group) is 2. The topological polar surface area (TPSA) is 32.4 Å². The maximum atomic E-state index is 2.54. The molecule has 10 aliphatic rings. The molecule has 0 N–H and O–H groups in total. The molecule has 0 saturated carbocycles. The molecule has 49 heavy (non-hydrogen) atoms. The fraction of sp³-hybridized carbons (Fsp3) is 1.00. The Bertz CT molecular complexity index is 1020. The van der Waals surface area contributed by atoms with Crippen LogP contribution in [0.4, 0.5) is 0 Å². The van der Waals surface area contributed by atoms with Gasteiger partial charge in [0.15, 0.2) is 0 Å². The van der Waals surface area contributed by atoms with E-state index in [1.807, 2.05) is 0 Å². The average molecular weight is 687 g/mol. The third-order valence-electron chi connectivity index (χ3n) is 16.4. The van der Waals surface area contributed by atoms with Crippen molar-refractivity contribution in [2.24, 2.45) is 0 Å². The highest BCUT2D eigenvalue weighted by atomic mass is 15.5. The Balaban J connectivity index is 0.000000106. The van der Waals surface area contributed by atoms with Crippen molar-refractivity contribution in [3.05, 3.63) is 0 Å². The molecule has 0 aromatic carbocycles. The summed E-state index contributed by atoms with van der Waals surface area (Å²) in [6.45, 7) is 14.3. The SMILES string of the molecule is CN1CCC12CCN2C.CN1CCC12CCN2C.CN1CCC2(CCN2C)C1.CN1CCCC12CCCN2C.CN1CCCC12CCN2C. The molecule has 2 unspecified atom stereocenters. The van der Waals surface area contributed by atoms with Gasteiger partial charge in [0.05, 0.1) is 22.7 Å². The summed E-state index contributed by atoms with van der Waals surface area (Å²) < 4.78 is 0. The van der Waals surface area contributed by atoms with Gasteiger partial charge in [0.1, 0.15) is 0 Å². The van der Waals surface area contributed by atoms with Crippen molar-refractivity contribution >= 4 is 0 Å². The molecule has 284 valence electrons. The van der Waals surface area contributed by atoms with Crippen LogP contribution in [0.15, 0.2) is 0 Å². The highest BCUT2D eigenvalue weighted by Gasteiger charge is 2.52. The van der Waals surface area contributed by atoms with Gasteiger partial charge in [-0.25, -0.2) is 0 Å². The summed E-state index contributed by atoms with van der Waals surface area (Å²) >= 11 is 0. The summed E-state index contributed by atoms with van der Waals surface area (Å²) in [6.07, 6.45) is 18.1. The number of rotatable bonds is 0. The predicted molar refractivity (Wildman–Crippen MR) is 205 cm³/mol. The van der Waals surface area contributed by atoms with E-state index in [2.05, 4.69) is 119 Å². The quantitative estimate of drug-likeness (QED) is 0.380. The lowest BCUT2D eigenvalue weighted by Gasteiger charge is -2.63. The standard InChI is InChI=1S/C9H18N2.2C8H16N2.2C7H14N2/c1-10-7-3-5-9(10)6-4-8-11(9)2;1-9-5-3-8(7-9)4-6-10(8)2;1-9-6-3-4-8(9)5-7-10(8)2;2*1-8-5-3-7(8)4-6-9(7)2/h3-8H2,1-2H3;2*3-7H2,1-2H3;2*3-6H2,1-2H3. The Hall–Kier alpha value is -0.400. The summed E-state index contributed by atoms with van der Waals surface area (Å²) in [4.78, 5) is 24.8. The van der Waals surface area contributed by atoms with Gasteiger partial charge in [-0.1, -0.05) is 0 Å². The van der Waals surface area contributed by atoms with Gasteiger partial charge in [-0.2, -0.15) is 0 Å². The molecule has 10 aliphatic heterocycles. The molecule has 0 radical (unpaired) electrons. The van der Waals surface area contributed by atoms with Gasteiger partial charge < -0.3 is 4.90 Å². The molecule has 0 bridgehead atoms. The van der Waals surface area contributed by atoms with Crippen molar-refractivity contribution in [3.63, 3.8) is 0 Å². The Kier molecular flexibility index (Phi) is 11.6. The van der Waals surface area contributed by atoms with E-state index in [-0.39, 0.29) is 0 Å². The first-order valence-electron chi connectivity index (χ1n) is 20.4. The van der Waals surface area contributed by atoms with Crippen LogP contribution in [0.1, 0.15) is 83.5 Å². The first-order valence-corrected chi connectivity index (χ1v) is 20.4. The molecular weight excluding hydrogens is 608 g/mol. The van der Waals surface area contributed by atoms with E-state index in [1.165, 1.54) is 155 Å². The summed E-state index contributed by atoms with van der Waals surface area (Å²) in [5, 5.41) is 0. The minimum atomic E-state index is 0.472. The molecule has 0 aliphatic carbocycles. The van der Waals surface area contributed by atoms with Crippen molar-refractivity contribution in [2.45, 2.75) is 112 Å². The van der Waals surface area contributed by atoms with Crippen molar-refractivity contribution in [3.8, 4) is 0 Å². The first kappa shape index (κ1) is 38.3. The largest absolute Gasteiger partial charge is 0.304 e. The van der Waals surface area contributed by atoms with Crippen LogP contribution in [0, 0.1) is 0 Å². The Labute approximate surface area is 302 Å². The molecule has 10 saturated heterocycles. The van der Waals surface area contributed by atoms with Crippen molar-refractivity contribution in [1.29, 1.82) is 0 Å². The lowest BCUT2D eigenvalue weighted by molar-refractivity contribution is -0.174. The molecule has 2 atom stereocenters. The van der Waals surface area contributed by atoms with Gasteiger partial charge in [0.25, 0.3) is 0 Å². The fourth-order valence-corrected chi connectivity index (χ4v) is 11.4. The number of nitrogens with zero attached hydrogens (tertiary/aromatic N) is 10. The maximum Gasteiger partial charge on any atom is 0.0757 e. The van der Waals surface area contributed by atoms with Gasteiger partial charge in [0.2, 0.25) is 0 Å². The van der Waals surface area contributed by atoms with Crippen LogP contribution in [0.5, 0.6) is 0 Å². The van der Waals surface area contributed by atoms with Gasteiger partial charge >= 0.3 is 0 Å². The zero-order chi connectivity index (χ0) is 35.2. The molecule has 0 aromatic rings. The summed E-state index contributed by atoms with van der Waals surface area (Å²) in [5.74, 6) is 0. The van der Waals surface area contributed by atoms with E-state index >= 15 is 0 Å². The van der Waals surface area contributed by atoms with E-state index in [4.69, 9.17) is 0 Å². The second-order valence-electron chi connectivity index (χ2n) is 18.2. The molecule has 10 fully saturated rings. The monoisotopic (exact) mass is 687 g/mol. The number of hydrogen-bond acceptors (Lipinski definition) is 10. The van der Waals surface area contributed by atoms with Crippen LogP contribution in [-0.4, -0.2) is 220 Å². The third-order valence-corrected chi connectivity index (χ3v) is 16.4. The zero-order valence-electron chi connectivity index (χ0n) is 33.9. The number of hydrogen-bond donors (Lipinski definition) is 0. The van der Waals surface area contributed by atoms with Crippen LogP contribution >= 0.6 is 0 Å². The Morgan fingerprint density at radius 3 is 0.653 bits per heavy atom. The molecule has 10 nitrogen and oxygen atoms in total. The molecule has 5 spiro atoms. The van der Waals surface area contributed by atoms with E-state index in [1.54, 1.807) is 0 Å². The van der Waals surface area contributed by atoms with Crippen LogP contribution < -0.4 is 0 Å². The lowest BCUT2D eigenvalue weighted by atomic mass is 9.83. The average Bonchev–Trinajstić information content (AvgIpc) is 3.86. The molecule has 10 heteroatoms. The Morgan fingerprint density at radius 2 is 0.531 bits per heavy atom. The minimum absolute atomic E-state index is 0.472. The fourth-order valence-electron chi connectivity index (χ4n) is 11.4.